The van der Waals surface area contributed by atoms with Gasteiger partial charge >= 0.3 is 0 Å². The molecule has 0 saturated heterocycles. The van der Waals surface area contributed by atoms with Crippen LogP contribution in [-0.4, -0.2) is 63.3 Å². The van der Waals surface area contributed by atoms with Crippen molar-refractivity contribution in [3.63, 3.8) is 0 Å². The molecule has 0 aromatic heterocycles. The van der Waals surface area contributed by atoms with Gasteiger partial charge in [0, 0.05) is 0 Å². The second-order valence-electron chi connectivity index (χ2n) is 17.8. The molecule has 2 nitrogen and oxygen atoms in total. The van der Waals surface area contributed by atoms with Crippen LogP contribution in [0.5, 0.6) is 0 Å². The number of nitrogens with zero attached hydrogens (tertiary/aromatic N) is 2. The Balaban J connectivity index is -0.0000110. The third-order valence-corrected chi connectivity index (χ3v) is 11.5. The first-order valence-corrected chi connectivity index (χ1v) is 23.0. The summed E-state index contributed by atoms with van der Waals surface area (Å²) in [6.45, 7) is 10.1. The molecule has 0 heterocycles. The lowest BCUT2D eigenvalue weighted by atomic mass is 10.0. The number of rotatable bonds is 41. The molecule has 0 spiro atoms. The van der Waals surface area contributed by atoms with Crippen molar-refractivity contribution in [1.82, 2.24) is 0 Å². The highest BCUT2D eigenvalue weighted by Gasteiger charge is 2.16. The Kier molecular flexibility index (Phi) is 46.3. The predicted molar refractivity (Wildman–Crippen MR) is 221 cm³/mol. The number of quaternary nitrogens is 2. The van der Waals surface area contributed by atoms with Crippen LogP contribution in [0.1, 0.15) is 245 Å². The van der Waals surface area contributed by atoms with Gasteiger partial charge in [-0.05, 0) is 51.4 Å². The van der Waals surface area contributed by atoms with Gasteiger partial charge in [-0.25, -0.2) is 0 Å². The van der Waals surface area contributed by atoms with Gasteiger partial charge in [-0.2, -0.15) is 0 Å². The van der Waals surface area contributed by atoms with Gasteiger partial charge in [0.05, 0.1) is 54.4 Å². The van der Waals surface area contributed by atoms with E-state index >= 15 is 0 Å². The van der Waals surface area contributed by atoms with E-state index in [9.17, 15) is 0 Å². The number of unbranched alkanes of at least 4 members (excludes halogenated alkanes) is 33. The van der Waals surface area contributed by atoms with Crippen LogP contribution in [0.2, 0.25) is 0 Å². The standard InChI is InChI=1S/C46H98N2.2ClH/c1-7-9-11-13-15-17-19-21-23-25-27-29-31-33-35-39-43-47(3,4)45-41-37-38-42-46-48(5,6)44-40-36-34-32-30-28-26-24-22-20-18-16-14-12-10-8-2;;/h7-46H2,1-6H3;2*1H/q+2;;/p-2. The Hall–Kier alpha value is 0.500. The molecule has 0 atom stereocenters. The second-order valence-corrected chi connectivity index (χ2v) is 17.8. The van der Waals surface area contributed by atoms with Crippen LogP contribution in [-0.2, 0) is 0 Å². The van der Waals surface area contributed by atoms with E-state index in [1.54, 1.807) is 0 Å². The van der Waals surface area contributed by atoms with Crippen molar-refractivity contribution in [2.24, 2.45) is 0 Å². The summed E-state index contributed by atoms with van der Waals surface area (Å²) < 4.78 is 2.47. The molecule has 0 bridgehead atoms. The van der Waals surface area contributed by atoms with Gasteiger partial charge in [0.2, 0.25) is 0 Å². The number of halogens is 2. The van der Waals surface area contributed by atoms with Crippen molar-refractivity contribution in [2.75, 3.05) is 54.4 Å². The smallest absolute Gasteiger partial charge is 0.0782 e. The van der Waals surface area contributed by atoms with E-state index < -0.39 is 0 Å². The van der Waals surface area contributed by atoms with E-state index in [4.69, 9.17) is 0 Å². The molecular weight excluding hydrogens is 651 g/mol. The van der Waals surface area contributed by atoms with Gasteiger partial charge in [-0.1, -0.05) is 194 Å². The zero-order valence-electron chi connectivity index (χ0n) is 35.9. The average Bonchev–Trinajstić information content (AvgIpc) is 3.06. The molecule has 0 aliphatic rings. The first-order chi connectivity index (χ1) is 23.3. The van der Waals surface area contributed by atoms with Crippen molar-refractivity contribution in [3.05, 3.63) is 0 Å². The minimum absolute atomic E-state index is 0. The zero-order chi connectivity index (χ0) is 35.3. The lowest BCUT2D eigenvalue weighted by Gasteiger charge is -2.31. The van der Waals surface area contributed by atoms with E-state index in [1.165, 1.54) is 266 Å². The first-order valence-electron chi connectivity index (χ1n) is 23.0. The molecule has 0 rings (SSSR count). The van der Waals surface area contributed by atoms with Gasteiger partial charge in [-0.3, -0.25) is 0 Å². The molecule has 0 aliphatic carbocycles. The monoisotopic (exact) mass is 749 g/mol. The highest BCUT2D eigenvalue weighted by Crippen LogP contribution is 2.17. The fraction of sp³-hybridized carbons (Fsp3) is 1.00. The van der Waals surface area contributed by atoms with Crippen LogP contribution in [0, 0.1) is 0 Å². The molecule has 306 valence electrons. The van der Waals surface area contributed by atoms with Gasteiger partial charge in [0.15, 0.2) is 0 Å². The molecule has 4 heteroatoms. The lowest BCUT2D eigenvalue weighted by Crippen LogP contribution is -3.00. The van der Waals surface area contributed by atoms with Crippen molar-refractivity contribution in [3.8, 4) is 0 Å². The Labute approximate surface area is 331 Å². The zero-order valence-corrected chi connectivity index (χ0v) is 37.4. The average molecular weight is 750 g/mol. The molecule has 0 aliphatic heterocycles. The fourth-order valence-electron chi connectivity index (χ4n) is 7.83. The maximum atomic E-state index is 2.48. The highest BCUT2D eigenvalue weighted by atomic mass is 35.5. The highest BCUT2D eigenvalue weighted by molar-refractivity contribution is 4.53. The molecule has 0 radical (unpaired) electrons. The Morgan fingerprint density at radius 1 is 0.200 bits per heavy atom. The minimum atomic E-state index is 0. The van der Waals surface area contributed by atoms with E-state index in [0.717, 1.165) is 0 Å². The topological polar surface area (TPSA) is 0 Å². The van der Waals surface area contributed by atoms with Crippen LogP contribution in [0.3, 0.4) is 0 Å². The molecular formula is C46H98Cl2N2. The Bertz CT molecular complexity index is 557. The van der Waals surface area contributed by atoms with Gasteiger partial charge in [0.25, 0.3) is 0 Å². The molecule has 0 unspecified atom stereocenters. The minimum Gasteiger partial charge on any atom is -1.00 e. The van der Waals surface area contributed by atoms with E-state index in [2.05, 4.69) is 42.0 Å². The second kappa shape index (κ2) is 42.2. The van der Waals surface area contributed by atoms with E-state index in [0.29, 0.717) is 0 Å². The summed E-state index contributed by atoms with van der Waals surface area (Å²) >= 11 is 0. The fourth-order valence-corrected chi connectivity index (χ4v) is 7.83. The molecule has 0 fully saturated rings. The summed E-state index contributed by atoms with van der Waals surface area (Å²) in [5, 5.41) is 0. The summed E-state index contributed by atoms with van der Waals surface area (Å²) in [6, 6.07) is 0. The summed E-state index contributed by atoms with van der Waals surface area (Å²) in [5.41, 5.74) is 0. The Morgan fingerprint density at radius 2 is 0.320 bits per heavy atom. The first kappa shape index (κ1) is 54.8. The number of hydrogen-bond acceptors (Lipinski definition) is 0. The maximum absolute atomic E-state index is 2.48. The van der Waals surface area contributed by atoms with Crippen molar-refractivity contribution >= 4 is 0 Å². The number of hydrogen-bond donors (Lipinski definition) is 0. The van der Waals surface area contributed by atoms with Crippen molar-refractivity contribution < 1.29 is 33.8 Å². The quantitative estimate of drug-likeness (QED) is 0.0432. The predicted octanol–water partition coefficient (Wildman–Crippen LogP) is 9.23. The van der Waals surface area contributed by atoms with Gasteiger partial charge < -0.3 is 33.8 Å². The molecule has 0 amide bonds. The van der Waals surface area contributed by atoms with Crippen LogP contribution in [0.4, 0.5) is 0 Å². The van der Waals surface area contributed by atoms with Crippen LogP contribution >= 0.6 is 0 Å². The Morgan fingerprint density at radius 3 is 0.460 bits per heavy atom. The van der Waals surface area contributed by atoms with Crippen LogP contribution < -0.4 is 24.8 Å². The third kappa shape index (κ3) is 44.7. The lowest BCUT2D eigenvalue weighted by molar-refractivity contribution is -0.891. The summed E-state index contributed by atoms with van der Waals surface area (Å²) in [7, 11) is 9.90. The van der Waals surface area contributed by atoms with E-state index in [-0.39, 0.29) is 24.8 Å². The summed E-state index contributed by atoms with van der Waals surface area (Å²) in [4.78, 5) is 0. The van der Waals surface area contributed by atoms with E-state index in [1.807, 2.05) is 0 Å². The maximum Gasteiger partial charge on any atom is 0.0782 e. The molecule has 0 N–H and O–H groups in total. The third-order valence-electron chi connectivity index (χ3n) is 11.5. The summed E-state index contributed by atoms with van der Waals surface area (Å²) in [6.07, 6.45) is 52.5. The van der Waals surface area contributed by atoms with Gasteiger partial charge in [-0.15, -0.1) is 0 Å². The largest absolute Gasteiger partial charge is 1.00 e. The van der Waals surface area contributed by atoms with Crippen molar-refractivity contribution in [2.45, 2.75) is 245 Å². The molecule has 0 aromatic carbocycles. The summed E-state index contributed by atoms with van der Waals surface area (Å²) in [5.74, 6) is 0. The molecule has 0 aromatic rings. The van der Waals surface area contributed by atoms with Crippen LogP contribution in [0.25, 0.3) is 0 Å². The molecule has 50 heavy (non-hydrogen) atoms. The van der Waals surface area contributed by atoms with Gasteiger partial charge in [0.1, 0.15) is 0 Å². The van der Waals surface area contributed by atoms with Crippen LogP contribution in [0.15, 0.2) is 0 Å². The molecule has 0 saturated carbocycles. The SMILES string of the molecule is CCCCCCCCCCCCCCCCCC[N+](C)(C)CCCCCC[N+](C)(C)CCCCCCCCCCCCCCCCCC.[Cl-].[Cl-]. The normalized spacial score (nSPS) is 11.9. The van der Waals surface area contributed by atoms with Crippen molar-refractivity contribution in [1.29, 1.82) is 0 Å².